The largest absolute Gasteiger partial charge is 0.462 e. The van der Waals surface area contributed by atoms with Gasteiger partial charge in [-0.15, -0.1) is 0 Å². The van der Waals surface area contributed by atoms with E-state index in [4.69, 9.17) is 4.74 Å². The summed E-state index contributed by atoms with van der Waals surface area (Å²) in [5.74, 6) is -0.514. The predicted molar refractivity (Wildman–Crippen MR) is 255 cm³/mol. The molecule has 0 saturated carbocycles. The third-order valence-corrected chi connectivity index (χ3v) is 11.7. The van der Waals surface area contributed by atoms with Crippen LogP contribution in [0.4, 0.5) is 0 Å². The first-order chi connectivity index (χ1) is 29.0. The number of aliphatic hydroxyl groups is 2. The van der Waals surface area contributed by atoms with E-state index in [1.54, 1.807) is 0 Å². The Morgan fingerprint density at radius 1 is 0.492 bits per heavy atom. The van der Waals surface area contributed by atoms with Crippen molar-refractivity contribution in [3.8, 4) is 0 Å². The van der Waals surface area contributed by atoms with E-state index < -0.39 is 18.2 Å². The molecule has 3 unspecified atom stereocenters. The second-order valence-electron chi connectivity index (χ2n) is 17.6. The summed E-state index contributed by atoms with van der Waals surface area (Å²) in [7, 11) is 0. The summed E-state index contributed by atoms with van der Waals surface area (Å²) in [4.78, 5) is 26.1. The maximum atomic E-state index is 13.2. The average molecular weight is 830 g/mol. The second-order valence-corrected chi connectivity index (χ2v) is 17.6. The normalized spacial score (nSPS) is 13.5. The molecule has 0 aromatic rings. The van der Waals surface area contributed by atoms with Crippen molar-refractivity contribution in [1.82, 2.24) is 5.32 Å². The monoisotopic (exact) mass is 830 g/mol. The van der Waals surface area contributed by atoms with E-state index in [0.29, 0.717) is 19.3 Å². The Morgan fingerprint density at radius 2 is 0.881 bits per heavy atom. The number of allylic oxidation sites excluding steroid dienone is 6. The van der Waals surface area contributed by atoms with Crippen LogP contribution in [0, 0.1) is 0 Å². The van der Waals surface area contributed by atoms with Gasteiger partial charge in [0.05, 0.1) is 25.2 Å². The third kappa shape index (κ3) is 42.6. The molecule has 0 rings (SSSR count). The quantitative estimate of drug-likeness (QED) is 0.0246. The lowest BCUT2D eigenvalue weighted by Crippen LogP contribution is -2.46. The minimum Gasteiger partial charge on any atom is -0.462 e. The zero-order valence-corrected chi connectivity index (χ0v) is 39.4. The highest BCUT2D eigenvalue weighted by molar-refractivity contribution is 5.77. The Labute approximate surface area is 366 Å². The van der Waals surface area contributed by atoms with Gasteiger partial charge in [-0.1, -0.05) is 218 Å². The third-order valence-electron chi connectivity index (χ3n) is 11.7. The molecule has 59 heavy (non-hydrogen) atoms. The molecule has 0 saturated heterocycles. The molecule has 0 spiro atoms. The number of carbonyl (C=O) groups excluding carboxylic acids is 2. The van der Waals surface area contributed by atoms with Crippen LogP contribution in [0.15, 0.2) is 36.5 Å². The van der Waals surface area contributed by atoms with Crippen LogP contribution in [0.1, 0.15) is 265 Å². The van der Waals surface area contributed by atoms with Crippen LogP contribution in [0.3, 0.4) is 0 Å². The first kappa shape index (κ1) is 57.1. The Morgan fingerprint density at radius 3 is 1.34 bits per heavy atom. The number of unbranched alkanes of at least 4 members (excludes halogenated alkanes) is 29. The summed E-state index contributed by atoms with van der Waals surface area (Å²) in [5, 5.41) is 23.7. The number of hydrogen-bond donors (Lipinski definition) is 3. The fourth-order valence-electron chi connectivity index (χ4n) is 7.77. The van der Waals surface area contributed by atoms with Crippen LogP contribution in [-0.4, -0.2) is 46.9 Å². The minimum atomic E-state index is -0.794. The molecule has 0 aromatic heterocycles. The molecule has 3 N–H and O–H groups in total. The van der Waals surface area contributed by atoms with Crippen molar-refractivity contribution in [3.05, 3.63) is 36.5 Å². The summed E-state index contributed by atoms with van der Waals surface area (Å²) >= 11 is 0. The highest BCUT2D eigenvalue weighted by Gasteiger charge is 2.24. The lowest BCUT2D eigenvalue weighted by molar-refractivity contribution is -0.151. The topological polar surface area (TPSA) is 95.9 Å². The summed E-state index contributed by atoms with van der Waals surface area (Å²) in [5.41, 5.74) is 0. The van der Waals surface area contributed by atoms with E-state index in [0.717, 1.165) is 70.6 Å². The smallest absolute Gasteiger partial charge is 0.306 e. The van der Waals surface area contributed by atoms with Crippen molar-refractivity contribution in [2.45, 2.75) is 283 Å². The van der Waals surface area contributed by atoms with Crippen LogP contribution in [0.25, 0.3) is 0 Å². The van der Waals surface area contributed by atoms with E-state index >= 15 is 0 Å². The second kappa shape index (κ2) is 47.1. The van der Waals surface area contributed by atoms with E-state index in [9.17, 15) is 19.8 Å². The van der Waals surface area contributed by atoms with Gasteiger partial charge >= 0.3 is 5.97 Å². The van der Waals surface area contributed by atoms with Crippen molar-refractivity contribution in [1.29, 1.82) is 0 Å². The molecule has 0 bridgehead atoms. The predicted octanol–water partition coefficient (Wildman–Crippen LogP) is 15.3. The van der Waals surface area contributed by atoms with E-state index in [1.165, 1.54) is 148 Å². The fourth-order valence-corrected chi connectivity index (χ4v) is 7.77. The Bertz CT molecular complexity index is 977. The molecule has 346 valence electrons. The van der Waals surface area contributed by atoms with E-state index in [-0.39, 0.29) is 24.9 Å². The molecule has 6 nitrogen and oxygen atoms in total. The van der Waals surface area contributed by atoms with Crippen LogP contribution in [0.2, 0.25) is 0 Å². The van der Waals surface area contributed by atoms with Crippen molar-refractivity contribution >= 4 is 11.9 Å². The summed E-state index contributed by atoms with van der Waals surface area (Å²) in [6.45, 7) is 6.45. The number of ether oxygens (including phenoxy) is 1. The van der Waals surface area contributed by atoms with Gasteiger partial charge in [0.25, 0.3) is 0 Å². The molecular weight excluding hydrogens is 731 g/mol. The number of esters is 1. The van der Waals surface area contributed by atoms with Gasteiger partial charge in [-0.25, -0.2) is 0 Å². The number of hydrogen-bond acceptors (Lipinski definition) is 5. The average Bonchev–Trinajstić information content (AvgIpc) is 3.23. The molecule has 0 aliphatic heterocycles. The van der Waals surface area contributed by atoms with Gasteiger partial charge in [0.1, 0.15) is 6.10 Å². The van der Waals surface area contributed by atoms with Crippen LogP contribution >= 0.6 is 0 Å². The molecule has 0 aliphatic carbocycles. The Hall–Kier alpha value is -1.92. The van der Waals surface area contributed by atoms with E-state index in [1.807, 2.05) is 0 Å². The van der Waals surface area contributed by atoms with Crippen molar-refractivity contribution < 1.29 is 24.5 Å². The Balaban J connectivity index is 4.58. The molecular formula is C53H99NO5. The zero-order valence-electron chi connectivity index (χ0n) is 39.4. The van der Waals surface area contributed by atoms with Gasteiger partial charge < -0.3 is 20.3 Å². The lowest BCUT2D eigenvalue weighted by Gasteiger charge is -2.24. The summed E-state index contributed by atoms with van der Waals surface area (Å²) in [6, 6.07) is -0.710. The molecule has 0 fully saturated rings. The van der Waals surface area contributed by atoms with Gasteiger partial charge in [-0.2, -0.15) is 0 Å². The molecule has 0 aliphatic rings. The van der Waals surface area contributed by atoms with Crippen molar-refractivity contribution in [3.63, 3.8) is 0 Å². The van der Waals surface area contributed by atoms with Crippen LogP contribution in [0.5, 0.6) is 0 Å². The number of nitrogens with one attached hydrogen (secondary N) is 1. The number of carbonyl (C=O) groups is 2. The Kier molecular flexibility index (Phi) is 45.6. The molecule has 6 heteroatoms. The molecule has 0 aromatic carbocycles. The summed E-state index contributed by atoms with van der Waals surface area (Å²) in [6.07, 6.45) is 55.0. The molecule has 3 atom stereocenters. The van der Waals surface area contributed by atoms with Gasteiger partial charge in [-0.3, -0.25) is 9.59 Å². The van der Waals surface area contributed by atoms with Crippen LogP contribution in [-0.2, 0) is 14.3 Å². The number of amides is 1. The lowest BCUT2D eigenvalue weighted by atomic mass is 10.0. The van der Waals surface area contributed by atoms with E-state index in [2.05, 4.69) is 62.5 Å². The molecule has 1 amide bonds. The molecule has 0 radical (unpaired) electrons. The summed E-state index contributed by atoms with van der Waals surface area (Å²) < 4.78 is 5.90. The van der Waals surface area contributed by atoms with Crippen LogP contribution < -0.4 is 5.32 Å². The highest BCUT2D eigenvalue weighted by Crippen LogP contribution is 2.17. The number of rotatable bonds is 46. The standard InChI is InChI=1S/C53H99NO5/c1-4-7-10-13-16-19-22-24-25-26-27-28-29-31-34-37-40-43-46-53(58)59-49(44-41-38-35-32-30-23-20-17-14-11-8-5-2)47-52(57)54-50(48-55)51(56)45-42-39-36-33-21-18-15-12-9-6-3/h25-28,32,35,49-51,55-56H,4-24,29-31,33-34,36-48H2,1-3H3,(H,54,57)/b26-25+,28-27+,35-32-. The van der Waals surface area contributed by atoms with Gasteiger partial charge in [0.2, 0.25) is 5.91 Å². The van der Waals surface area contributed by atoms with Gasteiger partial charge in [-0.05, 0) is 70.6 Å². The first-order valence-electron chi connectivity index (χ1n) is 25.7. The first-order valence-corrected chi connectivity index (χ1v) is 25.7. The van der Waals surface area contributed by atoms with Crippen molar-refractivity contribution in [2.75, 3.05) is 6.61 Å². The van der Waals surface area contributed by atoms with Gasteiger partial charge in [0.15, 0.2) is 0 Å². The minimum absolute atomic E-state index is 0.0524. The molecule has 0 heterocycles. The maximum Gasteiger partial charge on any atom is 0.306 e. The number of aliphatic hydroxyl groups excluding tert-OH is 2. The maximum absolute atomic E-state index is 13.2. The highest BCUT2D eigenvalue weighted by atomic mass is 16.5. The zero-order chi connectivity index (χ0) is 43.1. The van der Waals surface area contributed by atoms with Crippen molar-refractivity contribution in [2.24, 2.45) is 0 Å². The SMILES string of the molecule is CCCCCCCCC/C=C\CCCC(CC(=O)NC(CO)C(O)CCCCCCCCCCCC)OC(=O)CCCCCCC/C=C/C=C/CCCCCCCCC. The van der Waals surface area contributed by atoms with Gasteiger partial charge in [0, 0.05) is 6.42 Å². The fraction of sp³-hybridized carbons (Fsp3) is 0.849.